The molecule has 0 spiro atoms. The first-order valence-electron chi connectivity index (χ1n) is 6.31. The van der Waals surface area contributed by atoms with Gasteiger partial charge in [-0.2, -0.15) is 11.8 Å². The first-order chi connectivity index (χ1) is 8.26. The fourth-order valence-electron chi connectivity index (χ4n) is 2.39. The van der Waals surface area contributed by atoms with Gasteiger partial charge in [0.05, 0.1) is 5.60 Å². The highest BCUT2D eigenvalue weighted by molar-refractivity contribution is 7.99. The smallest absolute Gasteiger partial charge is 0.223 e. The molecule has 96 valence electrons. The lowest BCUT2D eigenvalue weighted by atomic mass is 9.93. The molecule has 1 aliphatic heterocycles. The molecule has 2 atom stereocenters. The highest BCUT2D eigenvalue weighted by Crippen LogP contribution is 2.30. The van der Waals surface area contributed by atoms with Gasteiger partial charge in [0, 0.05) is 25.3 Å². The number of hydrogen-bond donors (Lipinski definition) is 1. The van der Waals surface area contributed by atoms with E-state index in [1.54, 1.807) is 7.11 Å². The molecule has 2 rings (SSSR count). The van der Waals surface area contributed by atoms with Crippen molar-refractivity contribution in [1.82, 2.24) is 5.32 Å². The molecule has 17 heavy (non-hydrogen) atoms. The Balaban J connectivity index is 1.80. The van der Waals surface area contributed by atoms with Crippen LogP contribution in [0.5, 0.6) is 0 Å². The first-order valence-corrected chi connectivity index (χ1v) is 7.47. The third kappa shape index (κ3) is 3.26. The van der Waals surface area contributed by atoms with E-state index in [1.807, 2.05) is 11.8 Å². The second-order valence-electron chi connectivity index (χ2n) is 4.89. The van der Waals surface area contributed by atoms with E-state index >= 15 is 0 Å². The maximum atomic E-state index is 12.0. The number of carbonyl (C=O) groups is 1. The molecular formula is C13H21NO2S. The van der Waals surface area contributed by atoms with Crippen molar-refractivity contribution in [3.63, 3.8) is 0 Å². The zero-order valence-corrected chi connectivity index (χ0v) is 11.2. The van der Waals surface area contributed by atoms with Crippen LogP contribution in [-0.2, 0) is 9.53 Å². The zero-order valence-electron chi connectivity index (χ0n) is 10.4. The summed E-state index contributed by atoms with van der Waals surface area (Å²) in [6, 6.07) is 0. The van der Waals surface area contributed by atoms with E-state index < -0.39 is 0 Å². The molecule has 1 N–H and O–H groups in total. The number of amides is 1. The predicted molar refractivity (Wildman–Crippen MR) is 71.2 cm³/mol. The van der Waals surface area contributed by atoms with Gasteiger partial charge in [-0.3, -0.25) is 4.79 Å². The van der Waals surface area contributed by atoms with Crippen LogP contribution in [0.4, 0.5) is 0 Å². The summed E-state index contributed by atoms with van der Waals surface area (Å²) < 4.78 is 5.59. The lowest BCUT2D eigenvalue weighted by Gasteiger charge is -2.28. The second-order valence-corrected chi connectivity index (χ2v) is 5.99. The molecule has 0 unspecified atom stereocenters. The van der Waals surface area contributed by atoms with Crippen molar-refractivity contribution < 1.29 is 9.53 Å². The molecule has 2 aliphatic rings. The monoisotopic (exact) mass is 255 g/mol. The van der Waals surface area contributed by atoms with Gasteiger partial charge in [-0.25, -0.2) is 0 Å². The van der Waals surface area contributed by atoms with Crippen molar-refractivity contribution in [2.75, 3.05) is 25.2 Å². The van der Waals surface area contributed by atoms with Crippen LogP contribution in [-0.4, -0.2) is 36.7 Å². The molecule has 1 aliphatic carbocycles. The molecule has 0 aromatic carbocycles. The highest BCUT2D eigenvalue weighted by Gasteiger charge is 2.35. The molecule has 1 saturated heterocycles. The van der Waals surface area contributed by atoms with E-state index in [0.29, 0.717) is 6.54 Å². The van der Waals surface area contributed by atoms with Crippen LogP contribution in [0, 0.1) is 5.92 Å². The van der Waals surface area contributed by atoms with Crippen molar-refractivity contribution in [3.8, 4) is 0 Å². The Morgan fingerprint density at radius 1 is 1.59 bits per heavy atom. The molecule has 3 nitrogen and oxygen atoms in total. The van der Waals surface area contributed by atoms with Crippen molar-refractivity contribution in [1.29, 1.82) is 0 Å². The molecule has 1 heterocycles. The maximum Gasteiger partial charge on any atom is 0.223 e. The van der Waals surface area contributed by atoms with Crippen molar-refractivity contribution in [2.45, 2.75) is 31.3 Å². The predicted octanol–water partition coefficient (Wildman–Crippen LogP) is 1.98. The number of ether oxygens (including phenoxy) is 1. The molecule has 1 amide bonds. The van der Waals surface area contributed by atoms with Crippen LogP contribution in [0.15, 0.2) is 12.2 Å². The Hall–Kier alpha value is -0.480. The van der Waals surface area contributed by atoms with E-state index in [0.717, 1.165) is 37.2 Å². The topological polar surface area (TPSA) is 38.3 Å². The molecule has 0 aromatic heterocycles. The number of thioether (sulfide) groups is 1. The van der Waals surface area contributed by atoms with Crippen LogP contribution in [0.3, 0.4) is 0 Å². The Morgan fingerprint density at radius 3 is 3.06 bits per heavy atom. The molecule has 1 fully saturated rings. The minimum atomic E-state index is -0.120. The summed E-state index contributed by atoms with van der Waals surface area (Å²) in [5, 5.41) is 3.07. The largest absolute Gasteiger partial charge is 0.376 e. The van der Waals surface area contributed by atoms with E-state index in [9.17, 15) is 4.79 Å². The van der Waals surface area contributed by atoms with Crippen LogP contribution in [0.25, 0.3) is 0 Å². The molecule has 4 heteroatoms. The van der Waals surface area contributed by atoms with Crippen LogP contribution in [0.2, 0.25) is 0 Å². The summed E-state index contributed by atoms with van der Waals surface area (Å²) in [6.07, 6.45) is 8.22. The number of nitrogens with one attached hydrogen (secondary N) is 1. The van der Waals surface area contributed by atoms with Crippen LogP contribution in [0.1, 0.15) is 25.7 Å². The first kappa shape index (κ1) is 13.0. The minimum absolute atomic E-state index is 0.120. The Labute approximate surface area is 107 Å². The number of methoxy groups -OCH3 is 1. The molecule has 0 saturated carbocycles. The summed E-state index contributed by atoms with van der Waals surface area (Å²) in [5.41, 5.74) is -0.120. The SMILES string of the molecule is CO[C@]1(CNC(=O)[C@H]2CC=CCC2)CCSC1. The Kier molecular flexibility index (Phi) is 4.51. The fourth-order valence-corrected chi connectivity index (χ4v) is 3.78. The fraction of sp³-hybridized carbons (Fsp3) is 0.769. The molecule has 0 aromatic rings. The number of carbonyl (C=O) groups excluding carboxylic acids is 1. The normalized spacial score (nSPS) is 32.6. The summed E-state index contributed by atoms with van der Waals surface area (Å²) in [5.74, 6) is 2.50. The van der Waals surface area contributed by atoms with E-state index in [2.05, 4.69) is 17.5 Å². The lowest BCUT2D eigenvalue weighted by molar-refractivity contribution is -0.126. The van der Waals surface area contributed by atoms with Gasteiger partial charge in [0.2, 0.25) is 5.91 Å². The Morgan fingerprint density at radius 2 is 2.47 bits per heavy atom. The Bertz CT molecular complexity index is 298. The van der Waals surface area contributed by atoms with Crippen LogP contribution >= 0.6 is 11.8 Å². The van der Waals surface area contributed by atoms with Gasteiger partial charge in [-0.15, -0.1) is 0 Å². The summed E-state index contributed by atoms with van der Waals surface area (Å²) in [7, 11) is 1.75. The van der Waals surface area contributed by atoms with Gasteiger partial charge in [-0.1, -0.05) is 12.2 Å². The zero-order chi connectivity index (χ0) is 12.1. The van der Waals surface area contributed by atoms with Gasteiger partial charge in [0.1, 0.15) is 0 Å². The molecule has 0 radical (unpaired) electrons. The maximum absolute atomic E-state index is 12.0. The van der Waals surface area contributed by atoms with Crippen LogP contribution < -0.4 is 5.32 Å². The number of rotatable bonds is 4. The quantitative estimate of drug-likeness (QED) is 0.781. The summed E-state index contributed by atoms with van der Waals surface area (Å²) in [6.45, 7) is 0.662. The van der Waals surface area contributed by atoms with Gasteiger partial charge in [0.25, 0.3) is 0 Å². The van der Waals surface area contributed by atoms with E-state index in [4.69, 9.17) is 4.74 Å². The van der Waals surface area contributed by atoms with Gasteiger partial charge >= 0.3 is 0 Å². The lowest BCUT2D eigenvalue weighted by Crippen LogP contribution is -2.46. The standard InChI is InChI=1S/C13H21NO2S/c1-16-13(7-8-17-10-13)9-14-12(15)11-5-3-2-4-6-11/h2-3,11H,4-10H2,1H3,(H,14,15)/t11-,13-/m0/s1. The van der Waals surface area contributed by atoms with Gasteiger partial charge in [0.15, 0.2) is 0 Å². The van der Waals surface area contributed by atoms with Gasteiger partial charge in [-0.05, 0) is 31.4 Å². The summed E-state index contributed by atoms with van der Waals surface area (Å²) in [4.78, 5) is 12.0. The van der Waals surface area contributed by atoms with Crippen molar-refractivity contribution in [2.24, 2.45) is 5.92 Å². The average molecular weight is 255 g/mol. The van der Waals surface area contributed by atoms with E-state index in [-0.39, 0.29) is 17.4 Å². The minimum Gasteiger partial charge on any atom is -0.376 e. The molecule has 0 bridgehead atoms. The summed E-state index contributed by atoms with van der Waals surface area (Å²) >= 11 is 1.91. The van der Waals surface area contributed by atoms with Crippen molar-refractivity contribution in [3.05, 3.63) is 12.2 Å². The highest BCUT2D eigenvalue weighted by atomic mass is 32.2. The van der Waals surface area contributed by atoms with Gasteiger partial charge < -0.3 is 10.1 Å². The average Bonchev–Trinajstić information content (AvgIpc) is 2.86. The number of allylic oxidation sites excluding steroid dienone is 2. The van der Waals surface area contributed by atoms with E-state index in [1.165, 1.54) is 0 Å². The molecular weight excluding hydrogens is 234 g/mol. The third-order valence-corrected chi connectivity index (χ3v) is 4.95. The van der Waals surface area contributed by atoms with Crippen molar-refractivity contribution >= 4 is 17.7 Å². The number of hydrogen-bond acceptors (Lipinski definition) is 3. The third-order valence-electron chi connectivity index (χ3n) is 3.72. The second kappa shape index (κ2) is 5.91.